The minimum absolute atomic E-state index is 0.0826. The molecule has 24 heavy (non-hydrogen) atoms. The van der Waals surface area contributed by atoms with Crippen LogP contribution in [0.25, 0.3) is 0 Å². The van der Waals surface area contributed by atoms with Gasteiger partial charge in [-0.3, -0.25) is 4.79 Å². The summed E-state index contributed by atoms with van der Waals surface area (Å²) in [5.74, 6) is -2.66. The second-order valence-corrected chi connectivity index (χ2v) is 6.43. The molecule has 0 saturated carbocycles. The number of nitrogens with zero attached hydrogens (tertiary/aromatic N) is 2. The fourth-order valence-electron chi connectivity index (χ4n) is 1.80. The van der Waals surface area contributed by atoms with Gasteiger partial charge >= 0.3 is 0 Å². The van der Waals surface area contributed by atoms with Gasteiger partial charge in [-0.2, -0.15) is 13.8 Å². The van der Waals surface area contributed by atoms with E-state index in [2.05, 4.69) is 20.6 Å². The summed E-state index contributed by atoms with van der Waals surface area (Å²) in [5, 5.41) is 15.1. The van der Waals surface area contributed by atoms with Crippen LogP contribution in [0, 0.1) is 17.3 Å². The van der Waals surface area contributed by atoms with E-state index < -0.39 is 17.8 Å². The van der Waals surface area contributed by atoms with Gasteiger partial charge in [0.1, 0.15) is 11.6 Å². The number of aromatic nitrogens is 2. The summed E-state index contributed by atoms with van der Waals surface area (Å²) in [5.41, 5.74) is -0.230. The first-order valence-corrected chi connectivity index (χ1v) is 7.22. The van der Waals surface area contributed by atoms with Gasteiger partial charge in [-0.25, -0.2) is 4.98 Å². The first-order chi connectivity index (χ1) is 11.1. The molecular weight excluding hydrogens is 318 g/mol. The van der Waals surface area contributed by atoms with Crippen LogP contribution in [0.4, 0.5) is 20.3 Å². The molecule has 0 aliphatic carbocycles. The van der Waals surface area contributed by atoms with Crippen molar-refractivity contribution < 1.29 is 18.7 Å². The molecule has 0 fully saturated rings. The van der Waals surface area contributed by atoms with Gasteiger partial charge < -0.3 is 15.7 Å². The quantitative estimate of drug-likeness (QED) is 0.747. The Morgan fingerprint density at radius 3 is 2.38 bits per heavy atom. The SMILES string of the molecule is CC(C)(C)CNC(=O)c1nc(Nc2cc(F)nc(F)c2)ccc1O. The van der Waals surface area contributed by atoms with E-state index >= 15 is 0 Å². The van der Waals surface area contributed by atoms with Crippen LogP contribution >= 0.6 is 0 Å². The van der Waals surface area contributed by atoms with Gasteiger partial charge in [0.25, 0.3) is 5.91 Å². The molecular formula is C16H18F2N4O2. The van der Waals surface area contributed by atoms with E-state index in [4.69, 9.17) is 0 Å². The van der Waals surface area contributed by atoms with E-state index in [1.807, 2.05) is 20.8 Å². The number of carbonyl (C=O) groups excluding carboxylic acids is 1. The first kappa shape index (κ1) is 17.6. The number of carbonyl (C=O) groups is 1. The van der Waals surface area contributed by atoms with Crippen molar-refractivity contribution in [3.63, 3.8) is 0 Å². The van der Waals surface area contributed by atoms with E-state index in [-0.39, 0.29) is 28.4 Å². The molecule has 1 amide bonds. The van der Waals surface area contributed by atoms with Crippen molar-refractivity contribution in [1.82, 2.24) is 15.3 Å². The van der Waals surface area contributed by atoms with E-state index in [0.29, 0.717) is 6.54 Å². The third-order valence-electron chi connectivity index (χ3n) is 2.90. The Labute approximate surface area is 138 Å². The molecule has 2 rings (SSSR count). The summed E-state index contributed by atoms with van der Waals surface area (Å²) >= 11 is 0. The summed E-state index contributed by atoms with van der Waals surface area (Å²) < 4.78 is 26.2. The fraction of sp³-hybridized carbons (Fsp3) is 0.312. The van der Waals surface area contributed by atoms with E-state index in [1.54, 1.807) is 0 Å². The third-order valence-corrected chi connectivity index (χ3v) is 2.90. The second kappa shape index (κ2) is 6.77. The van der Waals surface area contributed by atoms with Crippen LogP contribution in [-0.4, -0.2) is 27.5 Å². The van der Waals surface area contributed by atoms with Gasteiger partial charge in [-0.1, -0.05) is 20.8 Å². The van der Waals surface area contributed by atoms with Crippen molar-refractivity contribution in [1.29, 1.82) is 0 Å². The maximum absolute atomic E-state index is 13.1. The molecule has 2 heterocycles. The topological polar surface area (TPSA) is 87.1 Å². The van der Waals surface area contributed by atoms with Crippen molar-refractivity contribution in [2.24, 2.45) is 5.41 Å². The maximum atomic E-state index is 13.1. The Morgan fingerprint density at radius 1 is 1.17 bits per heavy atom. The maximum Gasteiger partial charge on any atom is 0.273 e. The normalized spacial score (nSPS) is 11.2. The van der Waals surface area contributed by atoms with Crippen molar-refractivity contribution in [2.75, 3.05) is 11.9 Å². The highest BCUT2D eigenvalue weighted by atomic mass is 19.1. The second-order valence-electron chi connectivity index (χ2n) is 6.43. The molecule has 0 aliphatic rings. The number of nitrogens with one attached hydrogen (secondary N) is 2. The Bertz CT molecular complexity index is 740. The molecule has 6 nitrogen and oxygen atoms in total. The number of hydrogen-bond acceptors (Lipinski definition) is 5. The monoisotopic (exact) mass is 336 g/mol. The fourth-order valence-corrected chi connectivity index (χ4v) is 1.80. The predicted octanol–water partition coefficient (Wildman–Crippen LogP) is 2.98. The molecule has 0 bridgehead atoms. The van der Waals surface area contributed by atoms with Crippen molar-refractivity contribution in [3.05, 3.63) is 41.9 Å². The number of rotatable bonds is 4. The zero-order valence-electron chi connectivity index (χ0n) is 13.5. The highest BCUT2D eigenvalue weighted by Gasteiger charge is 2.17. The van der Waals surface area contributed by atoms with Crippen LogP contribution in [0.1, 0.15) is 31.3 Å². The number of amides is 1. The van der Waals surface area contributed by atoms with Crippen molar-refractivity contribution in [3.8, 4) is 5.75 Å². The molecule has 128 valence electrons. The lowest BCUT2D eigenvalue weighted by Gasteiger charge is -2.18. The Kier molecular flexibility index (Phi) is 4.96. The highest BCUT2D eigenvalue weighted by molar-refractivity contribution is 5.95. The molecule has 8 heteroatoms. The first-order valence-electron chi connectivity index (χ1n) is 7.22. The van der Waals surface area contributed by atoms with E-state index in [9.17, 15) is 18.7 Å². The van der Waals surface area contributed by atoms with Crippen molar-refractivity contribution in [2.45, 2.75) is 20.8 Å². The molecule has 2 aromatic heterocycles. The number of hydrogen-bond donors (Lipinski definition) is 3. The van der Waals surface area contributed by atoms with Crippen LogP contribution in [0.5, 0.6) is 5.75 Å². The lowest BCUT2D eigenvalue weighted by atomic mass is 9.97. The summed E-state index contributed by atoms with van der Waals surface area (Å²) in [6.07, 6.45) is 0. The standard InChI is InChI=1S/C16H18F2N4O2/c1-16(2,3)8-19-15(24)14-10(23)4-5-13(22-14)20-9-6-11(17)21-12(18)7-9/h4-7,23H,8H2,1-3H3,(H,19,24)(H,20,21,22). The van der Waals surface area contributed by atoms with Crippen molar-refractivity contribution >= 4 is 17.4 Å². The van der Waals surface area contributed by atoms with Crippen LogP contribution in [0.15, 0.2) is 24.3 Å². The molecule has 3 N–H and O–H groups in total. The number of aromatic hydroxyl groups is 1. The summed E-state index contributed by atoms with van der Waals surface area (Å²) in [6, 6.07) is 4.62. The average Bonchev–Trinajstić information content (AvgIpc) is 2.45. The zero-order chi connectivity index (χ0) is 17.9. The molecule has 0 aromatic carbocycles. The van der Waals surface area contributed by atoms with Gasteiger partial charge in [-0.05, 0) is 17.5 Å². The zero-order valence-corrected chi connectivity index (χ0v) is 13.5. The largest absolute Gasteiger partial charge is 0.505 e. The lowest BCUT2D eigenvalue weighted by molar-refractivity contribution is 0.0931. The van der Waals surface area contributed by atoms with Gasteiger partial charge in [0.05, 0.1) is 0 Å². The molecule has 2 aromatic rings. The molecule has 0 aliphatic heterocycles. The van der Waals surface area contributed by atoms with Crippen LogP contribution < -0.4 is 10.6 Å². The minimum Gasteiger partial charge on any atom is -0.505 e. The van der Waals surface area contributed by atoms with Gasteiger partial charge in [0.2, 0.25) is 11.9 Å². The summed E-state index contributed by atoms with van der Waals surface area (Å²) in [6.45, 7) is 6.24. The average molecular weight is 336 g/mol. The van der Waals surface area contributed by atoms with Crippen LogP contribution in [0.2, 0.25) is 0 Å². The molecule has 0 radical (unpaired) electrons. The van der Waals surface area contributed by atoms with E-state index in [1.165, 1.54) is 12.1 Å². The smallest absolute Gasteiger partial charge is 0.273 e. The summed E-state index contributed by atoms with van der Waals surface area (Å²) in [7, 11) is 0. The molecule has 0 atom stereocenters. The number of anilines is 2. The van der Waals surface area contributed by atoms with Crippen LogP contribution in [-0.2, 0) is 0 Å². The van der Waals surface area contributed by atoms with Crippen LogP contribution in [0.3, 0.4) is 0 Å². The molecule has 0 unspecified atom stereocenters. The third kappa shape index (κ3) is 4.87. The Hall–Kier alpha value is -2.77. The highest BCUT2D eigenvalue weighted by Crippen LogP contribution is 2.21. The Balaban J connectivity index is 2.20. The minimum atomic E-state index is -0.987. The van der Waals surface area contributed by atoms with Gasteiger partial charge in [0, 0.05) is 24.4 Å². The Morgan fingerprint density at radius 2 is 1.79 bits per heavy atom. The predicted molar refractivity (Wildman–Crippen MR) is 85.1 cm³/mol. The lowest BCUT2D eigenvalue weighted by Crippen LogP contribution is -2.32. The number of pyridine rings is 2. The van der Waals surface area contributed by atoms with Gasteiger partial charge in [-0.15, -0.1) is 0 Å². The van der Waals surface area contributed by atoms with Gasteiger partial charge in [0.15, 0.2) is 5.69 Å². The molecule has 0 saturated heterocycles. The summed E-state index contributed by atoms with van der Waals surface area (Å²) in [4.78, 5) is 19.1. The number of halogens is 2. The molecule has 0 spiro atoms. The van der Waals surface area contributed by atoms with E-state index in [0.717, 1.165) is 12.1 Å².